The molecule has 2 rings (SSSR count). The van der Waals surface area contributed by atoms with Gasteiger partial charge in [0, 0.05) is 5.02 Å². The van der Waals surface area contributed by atoms with Crippen molar-refractivity contribution < 1.29 is 9.53 Å². The van der Waals surface area contributed by atoms with Crippen molar-refractivity contribution in [3.8, 4) is 11.8 Å². The predicted molar refractivity (Wildman–Crippen MR) is 85.1 cm³/mol. The molecule has 2 N–H and O–H groups in total. The van der Waals surface area contributed by atoms with E-state index in [0.717, 1.165) is 0 Å². The topological polar surface area (TPSA) is 74.2 Å². The first kappa shape index (κ1) is 15.7. The highest BCUT2D eigenvalue weighted by Gasteiger charge is 2.05. The van der Waals surface area contributed by atoms with Crippen LogP contribution in [0, 0.1) is 11.3 Å². The zero-order valence-electron chi connectivity index (χ0n) is 11.7. The minimum atomic E-state index is -0.387. The van der Waals surface area contributed by atoms with Crippen LogP contribution in [0.25, 0.3) is 0 Å². The van der Waals surface area contributed by atoms with E-state index in [1.807, 2.05) is 6.07 Å². The first-order chi connectivity index (χ1) is 10.7. The third-order valence-electron chi connectivity index (χ3n) is 2.77. The molecule has 0 unspecified atom stereocenters. The molecule has 0 aliphatic carbocycles. The lowest BCUT2D eigenvalue weighted by molar-refractivity contribution is 0.247. The fourth-order valence-electron chi connectivity index (χ4n) is 1.72. The van der Waals surface area contributed by atoms with Crippen molar-refractivity contribution >= 4 is 23.3 Å². The first-order valence-corrected chi connectivity index (χ1v) is 6.99. The Kier molecular flexibility index (Phi) is 5.64. The van der Waals surface area contributed by atoms with Crippen LogP contribution in [0.2, 0.25) is 5.02 Å². The number of nitrogens with one attached hydrogen (secondary N) is 2. The van der Waals surface area contributed by atoms with Gasteiger partial charge in [0.2, 0.25) is 0 Å². The summed E-state index contributed by atoms with van der Waals surface area (Å²) in [5.74, 6) is 0.682. The Hall–Kier alpha value is -2.71. The van der Waals surface area contributed by atoms with Crippen LogP contribution in [-0.4, -0.2) is 19.2 Å². The van der Waals surface area contributed by atoms with Gasteiger partial charge in [0.1, 0.15) is 18.4 Å². The molecule has 0 aliphatic rings. The molecule has 0 heterocycles. The van der Waals surface area contributed by atoms with Crippen molar-refractivity contribution in [1.82, 2.24) is 5.32 Å². The predicted octanol–water partition coefficient (Wildman–Crippen LogP) is 3.41. The van der Waals surface area contributed by atoms with Gasteiger partial charge in [0.15, 0.2) is 0 Å². The van der Waals surface area contributed by atoms with E-state index in [2.05, 4.69) is 10.6 Å². The number of hydrogen-bond acceptors (Lipinski definition) is 3. The Balaban J connectivity index is 1.74. The number of hydrogen-bond donors (Lipinski definition) is 2. The smallest absolute Gasteiger partial charge is 0.319 e. The minimum absolute atomic E-state index is 0.328. The number of carbonyl (C=O) groups excluding carboxylic acids is 1. The Morgan fingerprint density at radius 1 is 1.18 bits per heavy atom. The molecule has 0 atom stereocenters. The van der Waals surface area contributed by atoms with Crippen molar-refractivity contribution in [1.29, 1.82) is 5.26 Å². The van der Waals surface area contributed by atoms with Gasteiger partial charge in [-0.15, -0.1) is 0 Å². The maximum absolute atomic E-state index is 11.7. The number of halogens is 1. The van der Waals surface area contributed by atoms with E-state index in [1.165, 1.54) is 0 Å². The molecule has 22 heavy (non-hydrogen) atoms. The second-order valence-electron chi connectivity index (χ2n) is 4.34. The normalized spacial score (nSPS) is 9.64. The highest BCUT2D eigenvalue weighted by atomic mass is 35.5. The summed E-state index contributed by atoms with van der Waals surface area (Å²) >= 11 is 5.77. The molecular formula is C16H14ClN3O2. The van der Waals surface area contributed by atoms with E-state index < -0.39 is 0 Å². The highest BCUT2D eigenvalue weighted by molar-refractivity contribution is 6.30. The third kappa shape index (κ3) is 4.69. The second-order valence-corrected chi connectivity index (χ2v) is 4.78. The van der Waals surface area contributed by atoms with Gasteiger partial charge in [-0.1, -0.05) is 23.7 Å². The molecule has 2 amide bonds. The summed E-state index contributed by atoms with van der Waals surface area (Å²) < 4.78 is 5.45. The van der Waals surface area contributed by atoms with Crippen molar-refractivity contribution in [3.05, 3.63) is 59.1 Å². The lowest BCUT2D eigenvalue weighted by Crippen LogP contribution is -2.32. The largest absolute Gasteiger partial charge is 0.492 e. The fourth-order valence-corrected chi connectivity index (χ4v) is 1.85. The lowest BCUT2D eigenvalue weighted by atomic mass is 10.2. The van der Waals surface area contributed by atoms with Crippen molar-refractivity contribution in [2.24, 2.45) is 0 Å². The van der Waals surface area contributed by atoms with Crippen molar-refractivity contribution in [2.75, 3.05) is 18.5 Å². The van der Waals surface area contributed by atoms with Gasteiger partial charge in [-0.25, -0.2) is 4.79 Å². The lowest BCUT2D eigenvalue weighted by Gasteiger charge is -2.10. The van der Waals surface area contributed by atoms with Gasteiger partial charge >= 0.3 is 6.03 Å². The molecule has 112 valence electrons. The number of nitrogens with zero attached hydrogens (tertiary/aromatic N) is 1. The number of urea groups is 1. The van der Waals surface area contributed by atoms with Crippen LogP contribution in [0.3, 0.4) is 0 Å². The Morgan fingerprint density at radius 2 is 1.91 bits per heavy atom. The molecule has 0 aliphatic heterocycles. The second kappa shape index (κ2) is 7.91. The van der Waals surface area contributed by atoms with E-state index in [9.17, 15) is 4.79 Å². The molecule has 0 spiro atoms. The molecule has 0 aromatic heterocycles. The SMILES string of the molecule is N#Cc1ccccc1NC(=O)NCCOc1ccc(Cl)cc1. The average Bonchev–Trinajstić information content (AvgIpc) is 2.54. The standard InChI is InChI=1S/C16H14ClN3O2/c17-13-5-7-14(8-6-13)22-10-9-19-16(21)20-15-4-2-1-3-12(15)11-18/h1-8H,9-10H2,(H2,19,20,21). The Morgan fingerprint density at radius 3 is 2.64 bits per heavy atom. The fraction of sp³-hybridized carbons (Fsp3) is 0.125. The van der Waals surface area contributed by atoms with Crippen LogP contribution in [0.4, 0.5) is 10.5 Å². The number of carbonyl (C=O) groups is 1. The Bertz CT molecular complexity index is 681. The maximum atomic E-state index is 11.7. The van der Waals surface area contributed by atoms with Crippen molar-refractivity contribution in [2.45, 2.75) is 0 Å². The van der Waals surface area contributed by atoms with Crippen LogP contribution in [0.15, 0.2) is 48.5 Å². The van der Waals surface area contributed by atoms with Crippen LogP contribution >= 0.6 is 11.6 Å². The number of anilines is 1. The van der Waals surface area contributed by atoms with Gasteiger partial charge in [0.25, 0.3) is 0 Å². The molecule has 2 aromatic carbocycles. The molecule has 5 nitrogen and oxygen atoms in total. The molecule has 0 saturated carbocycles. The summed E-state index contributed by atoms with van der Waals surface area (Å²) in [6.07, 6.45) is 0. The van der Waals surface area contributed by atoms with Crippen LogP contribution < -0.4 is 15.4 Å². The van der Waals surface area contributed by atoms with E-state index in [4.69, 9.17) is 21.6 Å². The molecule has 0 saturated heterocycles. The molecule has 0 bridgehead atoms. The molecular weight excluding hydrogens is 302 g/mol. The Labute approximate surface area is 133 Å². The van der Waals surface area contributed by atoms with E-state index >= 15 is 0 Å². The number of rotatable bonds is 5. The number of amides is 2. The summed E-state index contributed by atoms with van der Waals surface area (Å²) in [5, 5.41) is 14.9. The minimum Gasteiger partial charge on any atom is -0.492 e. The van der Waals surface area contributed by atoms with E-state index in [1.54, 1.807) is 48.5 Å². The summed E-state index contributed by atoms with van der Waals surface area (Å²) in [7, 11) is 0. The molecule has 2 aromatic rings. The zero-order valence-corrected chi connectivity index (χ0v) is 12.4. The van der Waals surface area contributed by atoms with Crippen LogP contribution in [0.5, 0.6) is 5.75 Å². The molecule has 0 fully saturated rings. The summed E-state index contributed by atoms with van der Waals surface area (Å²) in [6.45, 7) is 0.665. The molecule has 6 heteroatoms. The van der Waals surface area contributed by atoms with Gasteiger partial charge in [-0.05, 0) is 36.4 Å². The van der Waals surface area contributed by atoms with E-state index in [0.29, 0.717) is 35.2 Å². The number of para-hydroxylation sites is 1. The number of ether oxygens (including phenoxy) is 1. The highest BCUT2D eigenvalue weighted by Crippen LogP contribution is 2.15. The quantitative estimate of drug-likeness (QED) is 0.830. The monoisotopic (exact) mass is 315 g/mol. The first-order valence-electron chi connectivity index (χ1n) is 6.61. The third-order valence-corrected chi connectivity index (χ3v) is 3.02. The van der Waals surface area contributed by atoms with Crippen LogP contribution in [-0.2, 0) is 0 Å². The van der Waals surface area contributed by atoms with Gasteiger partial charge in [0.05, 0.1) is 17.8 Å². The van der Waals surface area contributed by atoms with Gasteiger partial charge in [-0.3, -0.25) is 0 Å². The average molecular weight is 316 g/mol. The number of benzene rings is 2. The van der Waals surface area contributed by atoms with E-state index in [-0.39, 0.29) is 6.03 Å². The summed E-state index contributed by atoms with van der Waals surface area (Å²) in [6, 6.07) is 15.4. The summed E-state index contributed by atoms with van der Waals surface area (Å²) in [5.41, 5.74) is 0.885. The number of nitriles is 1. The maximum Gasteiger partial charge on any atom is 0.319 e. The molecule has 0 radical (unpaired) electrons. The zero-order chi connectivity index (χ0) is 15.8. The van der Waals surface area contributed by atoms with Crippen molar-refractivity contribution in [3.63, 3.8) is 0 Å². The van der Waals surface area contributed by atoms with Gasteiger partial charge in [-0.2, -0.15) is 5.26 Å². The van der Waals surface area contributed by atoms with Gasteiger partial charge < -0.3 is 15.4 Å². The summed E-state index contributed by atoms with van der Waals surface area (Å²) in [4.78, 5) is 11.7. The van der Waals surface area contributed by atoms with Crippen LogP contribution in [0.1, 0.15) is 5.56 Å².